The molecule has 0 radical (unpaired) electrons. The van der Waals surface area contributed by atoms with Crippen LogP contribution in [0.25, 0.3) is 0 Å². The SMILES string of the molecule is CC(C)=C1CCC2(C)CCC(C(=O)O)CCC12. The molecule has 2 saturated carbocycles. The highest BCUT2D eigenvalue weighted by Crippen LogP contribution is 2.54. The monoisotopic (exact) mass is 236 g/mol. The number of fused-ring (bicyclic) bond motifs is 1. The molecule has 0 aromatic carbocycles. The van der Waals surface area contributed by atoms with E-state index in [9.17, 15) is 9.90 Å². The summed E-state index contributed by atoms with van der Waals surface area (Å²) in [6, 6.07) is 0. The number of hydrogen-bond donors (Lipinski definition) is 1. The van der Waals surface area contributed by atoms with Gasteiger partial charge in [-0.3, -0.25) is 4.79 Å². The van der Waals surface area contributed by atoms with Crippen LogP contribution in [0.1, 0.15) is 59.3 Å². The zero-order chi connectivity index (χ0) is 12.6. The largest absolute Gasteiger partial charge is 0.481 e. The van der Waals surface area contributed by atoms with Crippen LogP contribution in [-0.4, -0.2) is 11.1 Å². The zero-order valence-electron chi connectivity index (χ0n) is 11.3. The van der Waals surface area contributed by atoms with Crippen molar-refractivity contribution in [2.24, 2.45) is 17.3 Å². The fraction of sp³-hybridized carbons (Fsp3) is 0.800. The average Bonchev–Trinajstić information content (AvgIpc) is 2.47. The summed E-state index contributed by atoms with van der Waals surface area (Å²) in [5.74, 6) is -0.0417. The van der Waals surface area contributed by atoms with E-state index in [1.807, 2.05) is 0 Å². The average molecular weight is 236 g/mol. The Labute approximate surface area is 104 Å². The lowest BCUT2D eigenvalue weighted by atomic mass is 9.74. The number of aliphatic carboxylic acids is 1. The molecular weight excluding hydrogens is 212 g/mol. The molecule has 2 aliphatic carbocycles. The third kappa shape index (κ3) is 2.27. The predicted octanol–water partition coefficient (Wildman–Crippen LogP) is 4.01. The van der Waals surface area contributed by atoms with Crippen LogP contribution in [0.3, 0.4) is 0 Å². The number of allylic oxidation sites excluding steroid dienone is 2. The van der Waals surface area contributed by atoms with Crippen molar-refractivity contribution in [3.63, 3.8) is 0 Å². The Morgan fingerprint density at radius 2 is 1.94 bits per heavy atom. The highest BCUT2D eigenvalue weighted by atomic mass is 16.4. The minimum atomic E-state index is -0.590. The van der Waals surface area contributed by atoms with Crippen LogP contribution in [0.4, 0.5) is 0 Å². The van der Waals surface area contributed by atoms with E-state index in [1.165, 1.54) is 18.4 Å². The van der Waals surface area contributed by atoms with E-state index in [0.29, 0.717) is 11.3 Å². The molecule has 0 amide bonds. The molecule has 0 spiro atoms. The number of carboxylic acids is 1. The van der Waals surface area contributed by atoms with Gasteiger partial charge in [-0.25, -0.2) is 0 Å². The molecule has 0 aliphatic heterocycles. The molecule has 2 rings (SSSR count). The van der Waals surface area contributed by atoms with Gasteiger partial charge >= 0.3 is 5.97 Å². The lowest BCUT2D eigenvalue weighted by molar-refractivity contribution is -0.142. The fourth-order valence-electron chi connectivity index (χ4n) is 3.87. The van der Waals surface area contributed by atoms with Crippen LogP contribution in [0.2, 0.25) is 0 Å². The van der Waals surface area contributed by atoms with Crippen LogP contribution in [0, 0.1) is 17.3 Å². The lowest BCUT2D eigenvalue weighted by Gasteiger charge is -2.30. The van der Waals surface area contributed by atoms with Crippen molar-refractivity contribution in [3.05, 3.63) is 11.1 Å². The molecule has 0 saturated heterocycles. The third-order valence-electron chi connectivity index (χ3n) is 5.09. The Morgan fingerprint density at radius 3 is 2.53 bits per heavy atom. The summed E-state index contributed by atoms with van der Waals surface area (Å²) >= 11 is 0. The van der Waals surface area contributed by atoms with E-state index in [0.717, 1.165) is 25.7 Å². The molecule has 96 valence electrons. The minimum absolute atomic E-state index is 0.101. The van der Waals surface area contributed by atoms with E-state index < -0.39 is 5.97 Å². The van der Waals surface area contributed by atoms with Crippen molar-refractivity contribution in [2.75, 3.05) is 0 Å². The molecule has 3 atom stereocenters. The standard InChI is InChI=1S/C15H24O2/c1-10(2)12-7-9-15(3)8-6-11(14(16)17)4-5-13(12)15/h11,13H,4-9H2,1-3H3,(H,16,17). The maximum absolute atomic E-state index is 11.1. The highest BCUT2D eigenvalue weighted by Gasteiger charge is 2.44. The molecule has 2 heteroatoms. The molecule has 0 bridgehead atoms. The molecule has 0 aromatic heterocycles. The van der Waals surface area contributed by atoms with Gasteiger partial charge in [0.1, 0.15) is 0 Å². The van der Waals surface area contributed by atoms with E-state index in [-0.39, 0.29) is 5.92 Å². The maximum Gasteiger partial charge on any atom is 0.306 e. The van der Waals surface area contributed by atoms with Crippen molar-refractivity contribution >= 4 is 5.97 Å². The van der Waals surface area contributed by atoms with E-state index in [4.69, 9.17) is 0 Å². The van der Waals surface area contributed by atoms with Crippen LogP contribution in [-0.2, 0) is 4.79 Å². The number of carboxylic acid groups (broad SMARTS) is 1. The molecule has 2 aliphatic rings. The summed E-state index contributed by atoms with van der Waals surface area (Å²) in [4.78, 5) is 11.1. The Morgan fingerprint density at radius 1 is 1.24 bits per heavy atom. The normalized spacial score (nSPS) is 37.5. The summed E-state index contributed by atoms with van der Waals surface area (Å²) in [5.41, 5.74) is 3.46. The molecule has 0 aromatic rings. The second-order valence-corrected chi connectivity index (χ2v) is 6.38. The van der Waals surface area contributed by atoms with E-state index in [1.54, 1.807) is 5.57 Å². The highest BCUT2D eigenvalue weighted by molar-refractivity contribution is 5.69. The molecule has 3 unspecified atom stereocenters. The van der Waals surface area contributed by atoms with E-state index >= 15 is 0 Å². The Kier molecular flexibility index (Phi) is 3.33. The predicted molar refractivity (Wildman–Crippen MR) is 68.8 cm³/mol. The van der Waals surface area contributed by atoms with Gasteiger partial charge in [0, 0.05) is 0 Å². The van der Waals surface area contributed by atoms with Gasteiger partial charge < -0.3 is 5.11 Å². The van der Waals surface area contributed by atoms with Crippen molar-refractivity contribution in [1.29, 1.82) is 0 Å². The van der Waals surface area contributed by atoms with Crippen LogP contribution < -0.4 is 0 Å². The molecule has 0 heterocycles. The summed E-state index contributed by atoms with van der Waals surface area (Å²) < 4.78 is 0. The molecular formula is C15H24O2. The molecule has 1 N–H and O–H groups in total. The topological polar surface area (TPSA) is 37.3 Å². The van der Waals surface area contributed by atoms with Gasteiger partial charge in [0.05, 0.1) is 5.92 Å². The van der Waals surface area contributed by atoms with Gasteiger partial charge in [0.2, 0.25) is 0 Å². The smallest absolute Gasteiger partial charge is 0.306 e. The van der Waals surface area contributed by atoms with Gasteiger partial charge in [-0.1, -0.05) is 18.1 Å². The first kappa shape index (κ1) is 12.7. The van der Waals surface area contributed by atoms with Gasteiger partial charge in [0.25, 0.3) is 0 Å². The zero-order valence-corrected chi connectivity index (χ0v) is 11.3. The van der Waals surface area contributed by atoms with Crippen LogP contribution in [0.15, 0.2) is 11.1 Å². The first-order valence-electron chi connectivity index (χ1n) is 6.83. The van der Waals surface area contributed by atoms with Gasteiger partial charge in [-0.15, -0.1) is 0 Å². The van der Waals surface area contributed by atoms with Crippen LogP contribution >= 0.6 is 0 Å². The fourth-order valence-corrected chi connectivity index (χ4v) is 3.87. The minimum Gasteiger partial charge on any atom is -0.481 e. The van der Waals surface area contributed by atoms with Crippen LogP contribution in [0.5, 0.6) is 0 Å². The van der Waals surface area contributed by atoms with Crippen molar-refractivity contribution in [1.82, 2.24) is 0 Å². The quantitative estimate of drug-likeness (QED) is 0.698. The second kappa shape index (κ2) is 4.47. The maximum atomic E-state index is 11.1. The number of hydrogen-bond acceptors (Lipinski definition) is 1. The Balaban J connectivity index is 2.21. The van der Waals surface area contributed by atoms with E-state index in [2.05, 4.69) is 20.8 Å². The summed E-state index contributed by atoms with van der Waals surface area (Å²) in [7, 11) is 0. The number of carbonyl (C=O) groups is 1. The summed E-state index contributed by atoms with van der Waals surface area (Å²) in [6.07, 6.45) is 6.40. The third-order valence-corrected chi connectivity index (χ3v) is 5.09. The van der Waals surface area contributed by atoms with Gasteiger partial charge in [-0.2, -0.15) is 0 Å². The number of rotatable bonds is 1. The first-order valence-corrected chi connectivity index (χ1v) is 6.83. The van der Waals surface area contributed by atoms with Gasteiger partial charge in [0.15, 0.2) is 0 Å². The molecule has 2 nitrogen and oxygen atoms in total. The Hall–Kier alpha value is -0.790. The first-order chi connectivity index (χ1) is 7.94. The Bertz CT molecular complexity index is 352. The molecule has 17 heavy (non-hydrogen) atoms. The molecule has 2 fully saturated rings. The second-order valence-electron chi connectivity index (χ2n) is 6.38. The van der Waals surface area contributed by atoms with Crippen molar-refractivity contribution < 1.29 is 9.90 Å². The summed E-state index contributed by atoms with van der Waals surface area (Å²) in [6.45, 7) is 6.79. The van der Waals surface area contributed by atoms with Crippen molar-refractivity contribution in [2.45, 2.75) is 59.3 Å². The summed E-state index contributed by atoms with van der Waals surface area (Å²) in [5, 5.41) is 9.17. The lowest BCUT2D eigenvalue weighted by Crippen LogP contribution is -2.21. The van der Waals surface area contributed by atoms with Gasteiger partial charge in [-0.05, 0) is 63.7 Å². The van der Waals surface area contributed by atoms with Crippen molar-refractivity contribution in [3.8, 4) is 0 Å².